The van der Waals surface area contributed by atoms with E-state index < -0.39 is 0 Å². The number of aromatic nitrogens is 2. The molecule has 19 heavy (non-hydrogen) atoms. The van der Waals surface area contributed by atoms with Crippen molar-refractivity contribution < 1.29 is 4.39 Å². The summed E-state index contributed by atoms with van der Waals surface area (Å²) in [4.78, 5) is 4.92. The number of halogens is 1. The summed E-state index contributed by atoms with van der Waals surface area (Å²) < 4.78 is 19.0. The van der Waals surface area contributed by atoms with Crippen LogP contribution in [0.25, 0.3) is 0 Å². The Balaban J connectivity index is 2.17. The molecule has 0 spiro atoms. The smallest absolute Gasteiger partial charge is 0.174 e. The monoisotopic (exact) mass is 297 g/mol. The van der Waals surface area contributed by atoms with Gasteiger partial charge in [0.25, 0.3) is 0 Å². The molecule has 0 aliphatic carbocycles. The Morgan fingerprint density at radius 1 is 1.47 bits per heavy atom. The molecule has 0 fully saturated rings. The number of nitrogens with zero attached hydrogens (tertiary/aromatic N) is 2. The third-order valence-electron chi connectivity index (χ3n) is 2.85. The first-order valence-electron chi connectivity index (χ1n) is 6.11. The molecule has 1 aromatic carbocycles. The first kappa shape index (κ1) is 14.4. The molecule has 1 N–H and O–H groups in total. The molecule has 1 aromatic heterocycles. The SMILES string of the molecule is CCc1nsc(Sc2ccc(C(C)NC)cc2F)n1. The van der Waals surface area contributed by atoms with Gasteiger partial charge in [-0.25, -0.2) is 9.37 Å². The van der Waals surface area contributed by atoms with Crippen LogP contribution in [0.2, 0.25) is 0 Å². The van der Waals surface area contributed by atoms with Gasteiger partial charge < -0.3 is 5.32 Å². The van der Waals surface area contributed by atoms with E-state index in [9.17, 15) is 4.39 Å². The highest BCUT2D eigenvalue weighted by Crippen LogP contribution is 2.32. The van der Waals surface area contributed by atoms with Crippen LogP contribution in [0.5, 0.6) is 0 Å². The van der Waals surface area contributed by atoms with Gasteiger partial charge in [-0.2, -0.15) is 4.37 Å². The van der Waals surface area contributed by atoms with Crippen LogP contribution in [0.15, 0.2) is 27.4 Å². The Morgan fingerprint density at radius 3 is 2.84 bits per heavy atom. The maximum Gasteiger partial charge on any atom is 0.174 e. The van der Waals surface area contributed by atoms with E-state index in [-0.39, 0.29) is 11.9 Å². The van der Waals surface area contributed by atoms with Crippen molar-refractivity contribution in [1.29, 1.82) is 0 Å². The summed E-state index contributed by atoms with van der Waals surface area (Å²) in [5.41, 5.74) is 0.941. The summed E-state index contributed by atoms with van der Waals surface area (Å²) >= 11 is 2.64. The predicted octanol–water partition coefficient (Wildman–Crippen LogP) is 3.67. The molecule has 102 valence electrons. The van der Waals surface area contributed by atoms with Gasteiger partial charge in [0, 0.05) is 12.5 Å². The molecule has 0 saturated heterocycles. The van der Waals surface area contributed by atoms with Crippen LogP contribution < -0.4 is 5.32 Å². The highest BCUT2D eigenvalue weighted by atomic mass is 32.2. The number of nitrogens with one attached hydrogen (secondary N) is 1. The molecule has 0 amide bonds. The third-order valence-corrected chi connectivity index (χ3v) is 4.69. The molecule has 0 radical (unpaired) electrons. The van der Waals surface area contributed by atoms with E-state index in [1.165, 1.54) is 23.3 Å². The summed E-state index contributed by atoms with van der Waals surface area (Å²) in [5, 5.41) is 3.09. The molecular formula is C13H16FN3S2. The molecule has 2 rings (SSSR count). The van der Waals surface area contributed by atoms with E-state index in [2.05, 4.69) is 14.7 Å². The first-order chi connectivity index (χ1) is 9.13. The maximum absolute atomic E-state index is 14.0. The number of hydrogen-bond acceptors (Lipinski definition) is 5. The van der Waals surface area contributed by atoms with Crippen molar-refractivity contribution in [3.63, 3.8) is 0 Å². The lowest BCUT2D eigenvalue weighted by Crippen LogP contribution is -2.12. The van der Waals surface area contributed by atoms with Crippen LogP contribution in [0.3, 0.4) is 0 Å². The minimum Gasteiger partial charge on any atom is -0.313 e. The highest BCUT2D eigenvalue weighted by Gasteiger charge is 2.11. The lowest BCUT2D eigenvalue weighted by molar-refractivity contribution is 0.587. The van der Waals surface area contributed by atoms with Crippen molar-refractivity contribution in [2.24, 2.45) is 0 Å². The molecule has 0 aliphatic heterocycles. The van der Waals surface area contributed by atoms with Crippen molar-refractivity contribution in [2.45, 2.75) is 35.5 Å². The van der Waals surface area contributed by atoms with Gasteiger partial charge in [0.05, 0.1) is 4.90 Å². The van der Waals surface area contributed by atoms with E-state index in [4.69, 9.17) is 0 Å². The Kier molecular flexibility index (Phi) is 4.90. The molecule has 0 saturated carbocycles. The van der Waals surface area contributed by atoms with Crippen LogP contribution >= 0.6 is 23.3 Å². The normalized spacial score (nSPS) is 12.6. The van der Waals surface area contributed by atoms with Gasteiger partial charge in [-0.15, -0.1) is 0 Å². The fourth-order valence-corrected chi connectivity index (χ4v) is 3.21. The zero-order valence-corrected chi connectivity index (χ0v) is 12.7. The summed E-state index contributed by atoms with van der Waals surface area (Å²) in [6.07, 6.45) is 0.804. The number of rotatable bonds is 5. The molecule has 0 aliphatic rings. The van der Waals surface area contributed by atoms with Crippen LogP contribution in [0.1, 0.15) is 31.3 Å². The Labute approximate surface area is 120 Å². The Morgan fingerprint density at radius 2 is 2.26 bits per heavy atom. The molecule has 2 aromatic rings. The van der Waals surface area contributed by atoms with Gasteiger partial charge in [0.1, 0.15) is 11.6 Å². The quantitative estimate of drug-likeness (QED) is 0.913. The molecule has 1 heterocycles. The van der Waals surface area contributed by atoms with E-state index in [1.807, 2.05) is 27.0 Å². The van der Waals surface area contributed by atoms with Crippen molar-refractivity contribution in [3.8, 4) is 0 Å². The Bertz CT molecular complexity index is 557. The standard InChI is InChI=1S/C13H16FN3S2/c1-4-12-16-13(19-17-12)18-11-6-5-9(7-10(11)14)8(2)15-3/h5-8,15H,4H2,1-3H3. The second-order valence-electron chi connectivity index (χ2n) is 4.13. The van der Waals surface area contributed by atoms with E-state index in [1.54, 1.807) is 12.1 Å². The van der Waals surface area contributed by atoms with Gasteiger partial charge in [0.15, 0.2) is 4.34 Å². The largest absolute Gasteiger partial charge is 0.313 e. The van der Waals surface area contributed by atoms with Gasteiger partial charge >= 0.3 is 0 Å². The van der Waals surface area contributed by atoms with Crippen molar-refractivity contribution in [1.82, 2.24) is 14.7 Å². The zero-order chi connectivity index (χ0) is 13.8. The van der Waals surface area contributed by atoms with Crippen LogP contribution in [-0.2, 0) is 6.42 Å². The third kappa shape index (κ3) is 3.52. The van der Waals surface area contributed by atoms with Gasteiger partial charge in [-0.05, 0) is 43.2 Å². The average molecular weight is 297 g/mol. The zero-order valence-electron chi connectivity index (χ0n) is 11.1. The summed E-state index contributed by atoms with van der Waals surface area (Å²) in [7, 11) is 1.86. The van der Waals surface area contributed by atoms with Gasteiger partial charge in [0.2, 0.25) is 0 Å². The minimum absolute atomic E-state index is 0.141. The second-order valence-corrected chi connectivity index (χ2v) is 6.17. The molecule has 0 bridgehead atoms. The van der Waals surface area contributed by atoms with E-state index in [0.717, 1.165) is 22.1 Å². The second kappa shape index (κ2) is 6.45. The molecule has 3 nitrogen and oxygen atoms in total. The number of aryl methyl sites for hydroxylation is 1. The molecule has 1 unspecified atom stereocenters. The van der Waals surface area contributed by atoms with Crippen LogP contribution in [-0.4, -0.2) is 16.4 Å². The maximum atomic E-state index is 14.0. The fraction of sp³-hybridized carbons (Fsp3) is 0.385. The fourth-order valence-electron chi connectivity index (χ4n) is 1.55. The predicted molar refractivity (Wildman–Crippen MR) is 77.3 cm³/mol. The van der Waals surface area contributed by atoms with Gasteiger partial charge in [-0.3, -0.25) is 0 Å². The minimum atomic E-state index is -0.210. The average Bonchev–Trinajstić information content (AvgIpc) is 2.88. The Hall–Kier alpha value is -0.980. The molecular weight excluding hydrogens is 281 g/mol. The van der Waals surface area contributed by atoms with E-state index >= 15 is 0 Å². The number of benzene rings is 1. The first-order valence-corrected chi connectivity index (χ1v) is 7.70. The van der Waals surface area contributed by atoms with Crippen LogP contribution in [0, 0.1) is 5.82 Å². The topological polar surface area (TPSA) is 37.8 Å². The highest BCUT2D eigenvalue weighted by molar-refractivity contribution is 8.01. The molecule has 6 heteroatoms. The summed E-state index contributed by atoms with van der Waals surface area (Å²) in [6, 6.07) is 5.46. The van der Waals surface area contributed by atoms with Crippen molar-refractivity contribution >= 4 is 23.3 Å². The van der Waals surface area contributed by atoms with Crippen LogP contribution in [0.4, 0.5) is 4.39 Å². The lowest BCUT2D eigenvalue weighted by Gasteiger charge is -2.11. The lowest BCUT2D eigenvalue weighted by atomic mass is 10.1. The van der Waals surface area contributed by atoms with Crippen molar-refractivity contribution in [3.05, 3.63) is 35.4 Å². The van der Waals surface area contributed by atoms with Gasteiger partial charge in [-0.1, -0.05) is 24.8 Å². The summed E-state index contributed by atoms with van der Waals surface area (Å²) in [6.45, 7) is 4.00. The number of hydrogen-bond donors (Lipinski definition) is 1. The van der Waals surface area contributed by atoms with E-state index in [0.29, 0.717) is 4.90 Å². The van der Waals surface area contributed by atoms with Crippen molar-refractivity contribution in [2.75, 3.05) is 7.05 Å². The molecule has 1 atom stereocenters. The summed E-state index contributed by atoms with van der Waals surface area (Å²) in [5.74, 6) is 0.603.